The summed E-state index contributed by atoms with van der Waals surface area (Å²) >= 11 is 0. The molecule has 0 aromatic rings. The minimum atomic E-state index is 0.0570. The Hall–Kier alpha value is -0.340. The third-order valence-corrected chi connectivity index (χ3v) is 4.87. The van der Waals surface area contributed by atoms with Crippen molar-refractivity contribution in [3.63, 3.8) is 0 Å². The molecule has 0 bridgehead atoms. The van der Waals surface area contributed by atoms with Crippen LogP contribution in [0.2, 0.25) is 0 Å². The van der Waals surface area contributed by atoms with Gasteiger partial charge in [-0.25, -0.2) is 0 Å². The molecule has 0 aromatic carbocycles. The molecule has 2 nitrogen and oxygen atoms in total. The number of hydrogen-bond donors (Lipinski definition) is 1. The third kappa shape index (κ3) is 4.89. The first-order valence-electron chi connectivity index (χ1n) is 8.48. The van der Waals surface area contributed by atoms with Crippen LogP contribution >= 0.6 is 0 Å². The Morgan fingerprint density at radius 1 is 1.20 bits per heavy atom. The van der Waals surface area contributed by atoms with Crippen molar-refractivity contribution in [2.75, 3.05) is 13.2 Å². The summed E-state index contributed by atoms with van der Waals surface area (Å²) in [5.41, 5.74) is 0.542. The zero-order chi connectivity index (χ0) is 15.1. The van der Waals surface area contributed by atoms with Crippen molar-refractivity contribution in [2.45, 2.75) is 84.3 Å². The average Bonchev–Trinajstić information content (AvgIpc) is 2.41. The Balaban J connectivity index is 2.75. The maximum Gasteiger partial charge on any atom is 0.0834 e. The van der Waals surface area contributed by atoms with E-state index in [0.29, 0.717) is 11.5 Å². The Kier molecular flexibility index (Phi) is 7.25. The molecule has 1 N–H and O–H groups in total. The van der Waals surface area contributed by atoms with E-state index in [0.717, 1.165) is 19.6 Å². The number of ether oxygens (including phenoxy) is 1. The number of nitrogens with one attached hydrogen (secondary N) is 1. The van der Waals surface area contributed by atoms with E-state index >= 15 is 0 Å². The van der Waals surface area contributed by atoms with E-state index in [2.05, 4.69) is 39.6 Å². The normalized spacial score (nSPS) is 22.4. The Bertz CT molecular complexity index is 275. The summed E-state index contributed by atoms with van der Waals surface area (Å²) in [7, 11) is 0. The molecule has 0 aromatic heterocycles. The Morgan fingerprint density at radius 3 is 2.35 bits per heavy atom. The fraction of sp³-hybridized carbons (Fsp3) is 0.889. The van der Waals surface area contributed by atoms with Gasteiger partial charge in [0.2, 0.25) is 0 Å². The van der Waals surface area contributed by atoms with Gasteiger partial charge in [-0.3, -0.25) is 0 Å². The lowest BCUT2D eigenvalue weighted by Crippen LogP contribution is -2.55. The summed E-state index contributed by atoms with van der Waals surface area (Å²) in [4.78, 5) is 0. The van der Waals surface area contributed by atoms with Gasteiger partial charge in [-0.05, 0) is 63.8 Å². The second-order valence-electron chi connectivity index (χ2n) is 6.99. The van der Waals surface area contributed by atoms with Crippen LogP contribution in [0.5, 0.6) is 0 Å². The summed E-state index contributed by atoms with van der Waals surface area (Å²) in [6, 6.07) is 0.489. The highest BCUT2D eigenvalue weighted by atomic mass is 16.5. The highest BCUT2D eigenvalue weighted by Gasteiger charge is 2.44. The van der Waals surface area contributed by atoms with Crippen LogP contribution in [0.4, 0.5) is 0 Å². The van der Waals surface area contributed by atoms with Gasteiger partial charge in [-0.15, -0.1) is 6.58 Å². The standard InChI is InChI=1S/C18H35NO/c1-6-9-10-11-16(19-7-2)18(20-8-3)14-12-17(4,5)13-15-18/h6,16,19H,1,7-15H2,2-5H3. The van der Waals surface area contributed by atoms with E-state index in [1.54, 1.807) is 0 Å². The van der Waals surface area contributed by atoms with E-state index in [4.69, 9.17) is 4.74 Å². The number of unbranched alkanes of at least 4 members (excludes halogenated alkanes) is 1. The van der Waals surface area contributed by atoms with Crippen molar-refractivity contribution in [1.82, 2.24) is 5.32 Å². The minimum absolute atomic E-state index is 0.0570. The van der Waals surface area contributed by atoms with Gasteiger partial charge in [0, 0.05) is 12.6 Å². The number of rotatable bonds is 9. The van der Waals surface area contributed by atoms with Crippen LogP contribution in [-0.4, -0.2) is 24.8 Å². The molecular weight excluding hydrogens is 246 g/mol. The first-order chi connectivity index (χ1) is 9.49. The molecule has 0 amide bonds. The van der Waals surface area contributed by atoms with Crippen LogP contribution in [0.3, 0.4) is 0 Å². The highest BCUT2D eigenvalue weighted by molar-refractivity contribution is 4.99. The maximum atomic E-state index is 6.32. The lowest BCUT2D eigenvalue weighted by Gasteiger charge is -2.48. The maximum absolute atomic E-state index is 6.32. The van der Waals surface area contributed by atoms with E-state index in [1.165, 1.54) is 38.5 Å². The topological polar surface area (TPSA) is 21.3 Å². The fourth-order valence-corrected chi connectivity index (χ4v) is 3.49. The molecule has 1 aliphatic carbocycles. The molecule has 1 saturated carbocycles. The molecule has 0 aliphatic heterocycles. The minimum Gasteiger partial charge on any atom is -0.374 e. The zero-order valence-corrected chi connectivity index (χ0v) is 14.1. The summed E-state index contributed by atoms with van der Waals surface area (Å²) in [6.45, 7) is 14.8. The van der Waals surface area contributed by atoms with Gasteiger partial charge < -0.3 is 10.1 Å². The van der Waals surface area contributed by atoms with Gasteiger partial charge in [-0.1, -0.05) is 26.8 Å². The average molecular weight is 281 g/mol. The molecule has 1 unspecified atom stereocenters. The van der Waals surface area contributed by atoms with Crippen LogP contribution in [0.15, 0.2) is 12.7 Å². The van der Waals surface area contributed by atoms with Gasteiger partial charge in [0.1, 0.15) is 0 Å². The van der Waals surface area contributed by atoms with E-state index < -0.39 is 0 Å². The van der Waals surface area contributed by atoms with Crippen LogP contribution in [0.25, 0.3) is 0 Å². The number of hydrogen-bond acceptors (Lipinski definition) is 2. The molecule has 118 valence electrons. The summed E-state index contributed by atoms with van der Waals surface area (Å²) in [5.74, 6) is 0. The summed E-state index contributed by atoms with van der Waals surface area (Å²) in [6.07, 6.45) is 10.5. The lowest BCUT2D eigenvalue weighted by molar-refractivity contribution is -0.107. The molecule has 1 aliphatic rings. The van der Waals surface area contributed by atoms with Crippen molar-refractivity contribution in [1.29, 1.82) is 0 Å². The van der Waals surface area contributed by atoms with Crippen molar-refractivity contribution in [3.8, 4) is 0 Å². The Morgan fingerprint density at radius 2 is 1.85 bits per heavy atom. The first kappa shape index (κ1) is 17.7. The van der Waals surface area contributed by atoms with Gasteiger partial charge in [-0.2, -0.15) is 0 Å². The third-order valence-electron chi connectivity index (χ3n) is 4.87. The van der Waals surface area contributed by atoms with Crippen molar-refractivity contribution < 1.29 is 4.74 Å². The zero-order valence-electron chi connectivity index (χ0n) is 14.1. The van der Waals surface area contributed by atoms with Crippen molar-refractivity contribution in [2.24, 2.45) is 5.41 Å². The molecule has 0 saturated heterocycles. The largest absolute Gasteiger partial charge is 0.374 e. The molecule has 0 spiro atoms. The highest BCUT2D eigenvalue weighted by Crippen LogP contribution is 2.44. The van der Waals surface area contributed by atoms with Crippen molar-refractivity contribution >= 4 is 0 Å². The number of likely N-dealkylation sites (N-methyl/N-ethyl adjacent to an activating group) is 1. The second kappa shape index (κ2) is 8.19. The smallest absolute Gasteiger partial charge is 0.0834 e. The molecule has 1 atom stereocenters. The van der Waals surface area contributed by atoms with Gasteiger partial charge in [0.25, 0.3) is 0 Å². The number of allylic oxidation sites excluding steroid dienone is 1. The molecule has 1 fully saturated rings. The van der Waals surface area contributed by atoms with Gasteiger partial charge >= 0.3 is 0 Å². The quantitative estimate of drug-likeness (QED) is 0.489. The summed E-state index contributed by atoms with van der Waals surface area (Å²) in [5, 5.41) is 3.70. The van der Waals surface area contributed by atoms with Crippen molar-refractivity contribution in [3.05, 3.63) is 12.7 Å². The molecular formula is C18H35NO. The van der Waals surface area contributed by atoms with E-state index in [-0.39, 0.29) is 5.60 Å². The lowest BCUT2D eigenvalue weighted by atomic mass is 9.67. The monoisotopic (exact) mass is 281 g/mol. The van der Waals surface area contributed by atoms with Crippen LogP contribution in [0.1, 0.15) is 72.6 Å². The molecule has 1 rings (SSSR count). The van der Waals surface area contributed by atoms with E-state index in [9.17, 15) is 0 Å². The summed E-state index contributed by atoms with van der Waals surface area (Å²) < 4.78 is 6.32. The molecule has 20 heavy (non-hydrogen) atoms. The van der Waals surface area contributed by atoms with Gasteiger partial charge in [0.05, 0.1) is 5.60 Å². The van der Waals surface area contributed by atoms with Crippen LogP contribution in [-0.2, 0) is 4.74 Å². The van der Waals surface area contributed by atoms with Crippen LogP contribution in [0, 0.1) is 5.41 Å². The molecule has 0 radical (unpaired) electrons. The fourth-order valence-electron chi connectivity index (χ4n) is 3.49. The second-order valence-corrected chi connectivity index (χ2v) is 6.99. The van der Waals surface area contributed by atoms with Crippen LogP contribution < -0.4 is 5.32 Å². The SMILES string of the molecule is C=CCCCC(NCC)C1(OCC)CCC(C)(C)CC1. The Labute approximate surface area is 126 Å². The molecule has 2 heteroatoms. The van der Waals surface area contributed by atoms with E-state index in [1.807, 2.05) is 6.08 Å². The first-order valence-corrected chi connectivity index (χ1v) is 8.48. The predicted octanol–water partition coefficient (Wildman–Crippen LogP) is 4.70. The molecule has 0 heterocycles. The van der Waals surface area contributed by atoms with Gasteiger partial charge in [0.15, 0.2) is 0 Å². The predicted molar refractivity (Wildman–Crippen MR) is 88.1 cm³/mol.